The molecule has 0 radical (unpaired) electrons. The van der Waals surface area contributed by atoms with E-state index in [4.69, 9.17) is 4.74 Å². The predicted octanol–water partition coefficient (Wildman–Crippen LogP) is 3.82. The van der Waals surface area contributed by atoms with E-state index in [1.807, 2.05) is 29.6 Å². The lowest BCUT2D eigenvalue weighted by Crippen LogP contribution is -2.24. The summed E-state index contributed by atoms with van der Waals surface area (Å²) >= 11 is 1.45. The van der Waals surface area contributed by atoms with Crippen LogP contribution in [0.1, 0.15) is 38.3 Å². The van der Waals surface area contributed by atoms with Crippen LogP contribution in [0.5, 0.6) is 5.88 Å². The van der Waals surface area contributed by atoms with Crippen molar-refractivity contribution in [2.45, 2.75) is 38.7 Å². The summed E-state index contributed by atoms with van der Waals surface area (Å²) in [6.45, 7) is 4.12. The van der Waals surface area contributed by atoms with Crippen LogP contribution in [0.2, 0.25) is 0 Å². The molecular weight excluding hydrogens is 406 g/mol. The first-order chi connectivity index (χ1) is 14.3. The van der Waals surface area contributed by atoms with Crippen molar-refractivity contribution in [1.82, 2.24) is 15.0 Å². The first kappa shape index (κ1) is 20.2. The molecule has 2 N–H and O–H groups in total. The molecule has 2 unspecified atom stereocenters. The van der Waals surface area contributed by atoms with Crippen molar-refractivity contribution < 1.29 is 24.5 Å². The maximum Gasteiger partial charge on any atom is 0.307 e. The van der Waals surface area contributed by atoms with Gasteiger partial charge in [-0.1, -0.05) is 26.0 Å². The Morgan fingerprint density at radius 1 is 1.07 bits per heavy atom. The third kappa shape index (κ3) is 3.85. The number of para-hydroxylation sites is 1. The van der Waals surface area contributed by atoms with Gasteiger partial charge in [-0.05, 0) is 30.9 Å². The van der Waals surface area contributed by atoms with Gasteiger partial charge in [-0.2, -0.15) is 4.98 Å². The summed E-state index contributed by atoms with van der Waals surface area (Å²) in [5, 5.41) is 22.1. The number of hydrogen-bond donors (Lipinski definition) is 2. The van der Waals surface area contributed by atoms with Crippen LogP contribution in [0.4, 0.5) is 0 Å². The summed E-state index contributed by atoms with van der Waals surface area (Å²) in [6.07, 6.45) is -0.315. The minimum absolute atomic E-state index is 0.120. The van der Waals surface area contributed by atoms with E-state index < -0.39 is 29.9 Å². The van der Waals surface area contributed by atoms with Crippen LogP contribution in [0.3, 0.4) is 0 Å². The summed E-state index contributed by atoms with van der Waals surface area (Å²) in [6, 6.07) is 7.38. The number of ether oxygens (including phenoxy) is 1. The molecule has 0 amide bonds. The highest BCUT2D eigenvalue weighted by atomic mass is 32.1. The van der Waals surface area contributed by atoms with E-state index >= 15 is 0 Å². The molecule has 1 aliphatic rings. The van der Waals surface area contributed by atoms with E-state index in [1.54, 1.807) is 0 Å². The standard InChI is InChI=1S/C21H21N3O5S/c1-10(2)16-9-30-19(23-16)17-22-15-6-4-3-5-12(15)18(24-17)29-11-7-13(20(25)26)14(8-11)21(27)28/h3-6,9-11,13-14H,7-8H2,1-2H3,(H,25,26)(H,27,28). The molecule has 0 aliphatic heterocycles. The minimum Gasteiger partial charge on any atom is -0.481 e. The zero-order valence-electron chi connectivity index (χ0n) is 16.5. The van der Waals surface area contributed by atoms with E-state index in [0.717, 1.165) is 5.69 Å². The Hall–Kier alpha value is -3.07. The Morgan fingerprint density at radius 2 is 1.73 bits per heavy atom. The van der Waals surface area contributed by atoms with Crippen molar-refractivity contribution in [3.63, 3.8) is 0 Å². The number of carboxylic acids is 2. The molecule has 2 atom stereocenters. The summed E-state index contributed by atoms with van der Waals surface area (Å²) < 4.78 is 6.06. The highest BCUT2D eigenvalue weighted by Crippen LogP contribution is 2.37. The Labute approximate surface area is 176 Å². The van der Waals surface area contributed by atoms with Crippen molar-refractivity contribution in [2.75, 3.05) is 0 Å². The Bertz CT molecular complexity index is 1090. The highest BCUT2D eigenvalue weighted by Gasteiger charge is 2.44. The van der Waals surface area contributed by atoms with Gasteiger partial charge in [-0.3, -0.25) is 9.59 Å². The van der Waals surface area contributed by atoms with Gasteiger partial charge in [0.1, 0.15) is 6.10 Å². The van der Waals surface area contributed by atoms with Gasteiger partial charge in [-0.15, -0.1) is 11.3 Å². The average molecular weight is 427 g/mol. The molecule has 4 rings (SSSR count). The van der Waals surface area contributed by atoms with Crippen LogP contribution in [0, 0.1) is 11.8 Å². The number of carboxylic acid groups (broad SMARTS) is 2. The number of hydrogen-bond acceptors (Lipinski definition) is 7. The number of aliphatic carboxylic acids is 2. The van der Waals surface area contributed by atoms with Crippen LogP contribution in [-0.4, -0.2) is 43.2 Å². The number of nitrogens with zero attached hydrogens (tertiary/aromatic N) is 3. The van der Waals surface area contributed by atoms with Crippen LogP contribution in [0.25, 0.3) is 21.7 Å². The van der Waals surface area contributed by atoms with Crippen molar-refractivity contribution in [1.29, 1.82) is 0 Å². The molecule has 1 aromatic carbocycles. The van der Waals surface area contributed by atoms with Gasteiger partial charge in [0.15, 0.2) is 10.8 Å². The average Bonchev–Trinajstić information content (AvgIpc) is 3.35. The molecule has 8 nitrogen and oxygen atoms in total. The molecule has 9 heteroatoms. The second kappa shape index (κ2) is 7.98. The monoisotopic (exact) mass is 427 g/mol. The summed E-state index contributed by atoms with van der Waals surface area (Å²) in [5.41, 5.74) is 1.64. The lowest BCUT2D eigenvalue weighted by Gasteiger charge is -2.15. The molecule has 1 saturated carbocycles. The summed E-state index contributed by atoms with van der Waals surface area (Å²) in [7, 11) is 0. The van der Waals surface area contributed by atoms with Crippen molar-refractivity contribution in [3.05, 3.63) is 35.3 Å². The number of rotatable bonds is 6. The van der Waals surface area contributed by atoms with Gasteiger partial charge in [0.2, 0.25) is 5.88 Å². The number of fused-ring (bicyclic) bond motifs is 1. The van der Waals surface area contributed by atoms with Crippen LogP contribution >= 0.6 is 11.3 Å². The highest BCUT2D eigenvalue weighted by molar-refractivity contribution is 7.13. The van der Waals surface area contributed by atoms with Gasteiger partial charge < -0.3 is 14.9 Å². The fourth-order valence-corrected chi connectivity index (χ4v) is 4.59. The quantitative estimate of drug-likeness (QED) is 0.609. The molecule has 0 bridgehead atoms. The molecule has 1 aliphatic carbocycles. The number of thiazole rings is 1. The maximum atomic E-state index is 11.5. The van der Waals surface area contributed by atoms with Crippen LogP contribution < -0.4 is 4.74 Å². The normalized spacial score (nSPS) is 21.2. The minimum atomic E-state index is -1.12. The smallest absolute Gasteiger partial charge is 0.307 e. The van der Waals surface area contributed by atoms with Gasteiger partial charge >= 0.3 is 11.9 Å². The third-order valence-electron chi connectivity index (χ3n) is 5.31. The largest absolute Gasteiger partial charge is 0.481 e. The zero-order chi connectivity index (χ0) is 21.4. The van der Waals surface area contributed by atoms with Gasteiger partial charge in [0.05, 0.1) is 28.4 Å². The lowest BCUT2D eigenvalue weighted by atomic mass is 9.97. The number of benzene rings is 1. The number of aromatic nitrogens is 3. The van der Waals surface area contributed by atoms with E-state index in [9.17, 15) is 19.8 Å². The maximum absolute atomic E-state index is 11.5. The molecule has 1 fully saturated rings. The van der Waals surface area contributed by atoms with Crippen molar-refractivity contribution in [2.24, 2.45) is 11.8 Å². The molecule has 0 saturated heterocycles. The zero-order valence-corrected chi connectivity index (χ0v) is 17.3. The first-order valence-corrected chi connectivity index (χ1v) is 10.6. The Balaban J connectivity index is 1.69. The Kier molecular flexibility index (Phi) is 5.38. The molecule has 0 spiro atoms. The predicted molar refractivity (Wildman–Crippen MR) is 111 cm³/mol. The van der Waals surface area contributed by atoms with E-state index in [-0.39, 0.29) is 18.8 Å². The summed E-state index contributed by atoms with van der Waals surface area (Å²) in [5.74, 6) is -3.16. The van der Waals surface area contributed by atoms with Crippen molar-refractivity contribution in [3.8, 4) is 16.7 Å². The molecule has 2 aromatic heterocycles. The SMILES string of the molecule is CC(C)c1csc(-c2nc(OC3CC(C(=O)O)C(C(=O)O)C3)c3ccccc3n2)n1. The molecule has 2 heterocycles. The second-order valence-electron chi connectivity index (χ2n) is 7.70. The first-order valence-electron chi connectivity index (χ1n) is 9.68. The molecular formula is C21H21N3O5S. The van der Waals surface area contributed by atoms with Gasteiger partial charge in [0, 0.05) is 5.38 Å². The molecule has 3 aromatic rings. The van der Waals surface area contributed by atoms with Gasteiger partial charge in [0.25, 0.3) is 0 Å². The fraction of sp³-hybridized carbons (Fsp3) is 0.381. The summed E-state index contributed by atoms with van der Waals surface area (Å²) in [4.78, 5) is 36.7. The van der Waals surface area contributed by atoms with E-state index in [2.05, 4.69) is 28.8 Å². The fourth-order valence-electron chi connectivity index (χ4n) is 3.68. The van der Waals surface area contributed by atoms with Crippen LogP contribution in [-0.2, 0) is 9.59 Å². The van der Waals surface area contributed by atoms with Crippen LogP contribution in [0.15, 0.2) is 29.6 Å². The topological polar surface area (TPSA) is 123 Å². The third-order valence-corrected chi connectivity index (χ3v) is 6.16. The molecule has 30 heavy (non-hydrogen) atoms. The lowest BCUT2D eigenvalue weighted by molar-refractivity contribution is -0.152. The van der Waals surface area contributed by atoms with Crippen molar-refractivity contribution >= 4 is 34.2 Å². The van der Waals surface area contributed by atoms with E-state index in [0.29, 0.717) is 27.6 Å². The van der Waals surface area contributed by atoms with Gasteiger partial charge in [-0.25, -0.2) is 9.97 Å². The Morgan fingerprint density at radius 3 is 2.33 bits per heavy atom. The second-order valence-corrected chi connectivity index (χ2v) is 8.56. The molecule has 156 valence electrons. The van der Waals surface area contributed by atoms with E-state index in [1.165, 1.54) is 11.3 Å². The number of carbonyl (C=O) groups is 2.